The Morgan fingerprint density at radius 3 is 1.67 bits per heavy atom. The van der Waals surface area contributed by atoms with Crippen molar-refractivity contribution < 1.29 is 82.8 Å². The topological polar surface area (TPSA) is 428 Å². The molecular formula is C60H96N10O17S2. The van der Waals surface area contributed by atoms with E-state index in [0.717, 1.165) is 48.0 Å². The molecule has 0 unspecified atom stereocenters. The first-order chi connectivity index (χ1) is 42.4. The second-order valence-corrected chi connectivity index (χ2v) is 24.1. The standard InChI is InChI=1S/C60H96N10O17S2/c1-4-5-6-7-8-9-10-11-12-13-14-15-16-17-18-24-48(73)62-30-29-49(74)66-45(38-89-37-41-22-19-21-40(32-41)36-88-3)57(84)68-44(33-53(80)81)60(87)70-31-20-23-46(70)58(85)67-43(26-28-52(78)79)56(83)69-54(39(2)71)59(86)64-35-50(75)65-42(25-27-51(76)77)55(82)63-34-47(61)72/h19,21-22,32,39,42-46,54,71H,4-18,20,23-31,33-38H2,1-3H3,(H2,61,72)(H,62,73)(H,63,82)(H,64,86)(H,65,75)(H,66,74)(H,67,85)(H,68,84)(H,69,83)(H,76,77)(H,78,79)(H,80,81)/t39-,42+,43+,44+,45+,46+,54+/m1/s1. The zero-order valence-corrected chi connectivity index (χ0v) is 53.3. The highest BCUT2D eigenvalue weighted by molar-refractivity contribution is 7.98. The first-order valence-electron chi connectivity index (χ1n) is 30.8. The van der Waals surface area contributed by atoms with Gasteiger partial charge in [-0.3, -0.25) is 62.3 Å². The summed E-state index contributed by atoms with van der Waals surface area (Å²) in [6, 6.07) is -1.77. The van der Waals surface area contributed by atoms with Gasteiger partial charge < -0.3 is 73.6 Å². The van der Waals surface area contributed by atoms with Gasteiger partial charge in [-0.1, -0.05) is 121 Å². The van der Waals surface area contributed by atoms with Gasteiger partial charge in [0.25, 0.3) is 0 Å². The van der Waals surface area contributed by atoms with Crippen LogP contribution >= 0.6 is 23.5 Å². The maximum Gasteiger partial charge on any atom is 0.305 e. The van der Waals surface area contributed by atoms with Crippen molar-refractivity contribution in [2.75, 3.05) is 38.2 Å². The summed E-state index contributed by atoms with van der Waals surface area (Å²) in [7, 11) is 0. The van der Waals surface area contributed by atoms with Gasteiger partial charge in [-0.15, -0.1) is 0 Å². The fourth-order valence-corrected chi connectivity index (χ4v) is 11.3. The minimum atomic E-state index is -1.85. The molecule has 14 N–H and O–H groups in total. The van der Waals surface area contributed by atoms with Gasteiger partial charge in [-0.2, -0.15) is 23.5 Å². The van der Waals surface area contributed by atoms with Crippen LogP contribution in [0.3, 0.4) is 0 Å². The smallest absolute Gasteiger partial charge is 0.305 e. The van der Waals surface area contributed by atoms with Gasteiger partial charge in [0.15, 0.2) is 0 Å². The lowest BCUT2D eigenvalue weighted by atomic mass is 10.0. The maximum absolute atomic E-state index is 14.3. The number of thioether (sulfide) groups is 2. The number of aliphatic hydroxyl groups is 1. The number of nitrogens with one attached hydrogen (secondary N) is 8. The van der Waals surface area contributed by atoms with E-state index in [4.69, 9.17) is 10.8 Å². The van der Waals surface area contributed by atoms with Crippen LogP contribution in [0.2, 0.25) is 0 Å². The third-order valence-corrected chi connectivity index (χ3v) is 16.3. The largest absolute Gasteiger partial charge is 0.481 e. The molecule has 2 rings (SSSR count). The number of nitrogens with zero attached hydrogens (tertiary/aromatic N) is 1. The van der Waals surface area contributed by atoms with Crippen LogP contribution in [0.15, 0.2) is 24.3 Å². The number of aliphatic carboxylic acids is 3. The first-order valence-corrected chi connectivity index (χ1v) is 33.4. The van der Waals surface area contributed by atoms with E-state index in [2.05, 4.69) is 49.5 Å². The first kappa shape index (κ1) is 78.1. The third-order valence-electron chi connectivity index (χ3n) is 14.5. The summed E-state index contributed by atoms with van der Waals surface area (Å²) < 4.78 is 0. The van der Waals surface area contributed by atoms with Gasteiger partial charge in [0.1, 0.15) is 36.3 Å². The van der Waals surface area contributed by atoms with Crippen molar-refractivity contribution >= 4 is 101 Å². The highest BCUT2D eigenvalue weighted by Gasteiger charge is 2.41. The summed E-state index contributed by atoms with van der Waals surface area (Å²) in [5.74, 6) is -12.1. The predicted molar refractivity (Wildman–Crippen MR) is 334 cm³/mol. The molecule has 1 aromatic carbocycles. The lowest BCUT2D eigenvalue weighted by Crippen LogP contribution is -2.60. The molecule has 0 aromatic heterocycles. The number of aliphatic hydroxyl groups excluding tert-OH is 1. The van der Waals surface area contributed by atoms with E-state index in [-0.39, 0.29) is 44.0 Å². The maximum atomic E-state index is 14.3. The van der Waals surface area contributed by atoms with Crippen LogP contribution in [-0.4, -0.2) is 183 Å². The molecule has 0 saturated carbocycles. The Bertz CT molecular complexity index is 2470. The van der Waals surface area contributed by atoms with Crippen molar-refractivity contribution in [3.8, 4) is 0 Å². The van der Waals surface area contributed by atoms with E-state index < -0.39 is 159 Å². The minimum absolute atomic E-state index is 0.0199. The molecule has 7 atom stereocenters. The normalized spacial score (nSPS) is 14.7. The number of likely N-dealkylation sites (tertiary alicyclic amines) is 1. The van der Waals surface area contributed by atoms with Crippen LogP contribution in [0.1, 0.15) is 179 Å². The molecule has 500 valence electrons. The summed E-state index contributed by atoms with van der Waals surface area (Å²) in [6.45, 7) is 1.65. The molecule has 1 aromatic rings. The summed E-state index contributed by atoms with van der Waals surface area (Å²) in [4.78, 5) is 168. The number of unbranched alkanes of at least 4 members (excludes halogenated alkanes) is 14. The summed E-state index contributed by atoms with van der Waals surface area (Å²) in [6.07, 6.45) is 15.2. The molecule has 1 heterocycles. The van der Waals surface area contributed by atoms with E-state index in [9.17, 15) is 77.6 Å². The average Bonchev–Trinajstić information content (AvgIpc) is 2.41. The van der Waals surface area contributed by atoms with Crippen LogP contribution in [-0.2, 0) is 73.8 Å². The van der Waals surface area contributed by atoms with Crippen molar-refractivity contribution in [1.29, 1.82) is 0 Å². The number of carbonyl (C=O) groups is 13. The van der Waals surface area contributed by atoms with Gasteiger partial charge in [0, 0.05) is 56.0 Å². The number of nitrogens with two attached hydrogens (primary N) is 1. The lowest BCUT2D eigenvalue weighted by molar-refractivity contribution is -0.146. The summed E-state index contributed by atoms with van der Waals surface area (Å²) in [5.41, 5.74) is 7.05. The van der Waals surface area contributed by atoms with Crippen LogP contribution in [0.4, 0.5) is 0 Å². The Morgan fingerprint density at radius 2 is 1.12 bits per heavy atom. The van der Waals surface area contributed by atoms with Gasteiger partial charge in [0.2, 0.25) is 59.1 Å². The van der Waals surface area contributed by atoms with E-state index in [1.165, 1.54) is 82.4 Å². The molecule has 89 heavy (non-hydrogen) atoms. The average molecular weight is 1290 g/mol. The number of carbonyl (C=O) groups excluding carboxylic acids is 10. The highest BCUT2D eigenvalue weighted by atomic mass is 32.2. The monoisotopic (exact) mass is 1290 g/mol. The third kappa shape index (κ3) is 34.5. The number of carboxylic acid groups (broad SMARTS) is 3. The number of hydrogen-bond donors (Lipinski definition) is 13. The molecular weight excluding hydrogens is 1200 g/mol. The van der Waals surface area contributed by atoms with Crippen molar-refractivity contribution in [1.82, 2.24) is 47.4 Å². The summed E-state index contributed by atoms with van der Waals surface area (Å²) in [5, 5.41) is 58.1. The fourth-order valence-electron chi connectivity index (χ4n) is 9.75. The molecule has 1 aliphatic heterocycles. The SMILES string of the molecule is CCCCCCCCCCCCCCCCCC(=O)NCCC(=O)N[C@@H](CSCc1cccc(CSC)c1)C(=O)N[C@@H](CC(=O)O)C(=O)N1CCC[C@H]1C(=O)N[C@@H](CCC(=O)O)C(=O)N[C@H](C(=O)NCC(=O)N[C@@H](CCC(=O)O)C(=O)NCC(N)=O)[C@@H](C)O. The quantitative estimate of drug-likeness (QED) is 0.0416. The Kier molecular flexibility index (Phi) is 39.7. The minimum Gasteiger partial charge on any atom is -0.481 e. The molecule has 0 spiro atoms. The zero-order chi connectivity index (χ0) is 66.1. The molecule has 27 nitrogen and oxygen atoms in total. The van der Waals surface area contributed by atoms with Crippen molar-refractivity contribution in [3.63, 3.8) is 0 Å². The number of carboxylic acids is 3. The zero-order valence-electron chi connectivity index (χ0n) is 51.7. The van der Waals surface area contributed by atoms with Crippen molar-refractivity contribution in [2.24, 2.45) is 5.73 Å². The predicted octanol–water partition coefficient (Wildman–Crippen LogP) is 2.27. The van der Waals surface area contributed by atoms with Gasteiger partial charge in [-0.25, -0.2) is 0 Å². The van der Waals surface area contributed by atoms with Crippen LogP contribution in [0, 0.1) is 0 Å². The number of benzene rings is 1. The Balaban J connectivity index is 2.15. The van der Waals surface area contributed by atoms with Crippen LogP contribution < -0.4 is 48.3 Å². The van der Waals surface area contributed by atoms with Crippen LogP contribution in [0.5, 0.6) is 0 Å². The Labute approximate surface area is 529 Å². The second-order valence-electron chi connectivity index (χ2n) is 22.2. The van der Waals surface area contributed by atoms with Crippen molar-refractivity contribution in [2.45, 2.75) is 222 Å². The highest BCUT2D eigenvalue weighted by Crippen LogP contribution is 2.22. The van der Waals surface area contributed by atoms with E-state index in [0.29, 0.717) is 18.6 Å². The van der Waals surface area contributed by atoms with E-state index in [1.807, 2.05) is 30.5 Å². The van der Waals surface area contributed by atoms with Gasteiger partial charge in [0.05, 0.1) is 25.6 Å². The molecule has 1 saturated heterocycles. The number of rotatable bonds is 49. The molecule has 0 aliphatic carbocycles. The fraction of sp³-hybridized carbons (Fsp3) is 0.683. The molecule has 29 heteroatoms. The van der Waals surface area contributed by atoms with Crippen LogP contribution in [0.25, 0.3) is 0 Å². The van der Waals surface area contributed by atoms with E-state index >= 15 is 0 Å². The molecule has 10 amide bonds. The number of hydrogen-bond acceptors (Lipinski definition) is 16. The molecule has 0 radical (unpaired) electrons. The number of amides is 10. The molecule has 0 bridgehead atoms. The number of primary amides is 1. The van der Waals surface area contributed by atoms with Crippen molar-refractivity contribution in [3.05, 3.63) is 35.4 Å². The lowest BCUT2D eigenvalue weighted by Gasteiger charge is -2.30. The Hall–Kier alpha value is -7.01. The van der Waals surface area contributed by atoms with Gasteiger partial charge >= 0.3 is 17.9 Å². The summed E-state index contributed by atoms with van der Waals surface area (Å²) >= 11 is 2.94. The molecule has 1 aliphatic rings. The Morgan fingerprint density at radius 1 is 0.584 bits per heavy atom. The van der Waals surface area contributed by atoms with Gasteiger partial charge in [-0.05, 0) is 56.4 Å². The second kappa shape index (κ2) is 45.3. The van der Waals surface area contributed by atoms with E-state index in [1.54, 1.807) is 11.8 Å². The molecule has 1 fully saturated rings.